The third kappa shape index (κ3) is 4.72. The van der Waals surface area contributed by atoms with Crippen LogP contribution in [0, 0.1) is 5.41 Å². The summed E-state index contributed by atoms with van der Waals surface area (Å²) in [6.45, 7) is 7.02. The minimum absolute atomic E-state index is 0.0350. The smallest absolute Gasteiger partial charge is 0.230 e. The number of carbonyl (C=O) groups is 2. The Morgan fingerprint density at radius 3 is 2.52 bits per heavy atom. The molecule has 0 bridgehead atoms. The summed E-state index contributed by atoms with van der Waals surface area (Å²) in [4.78, 5) is 30.9. The van der Waals surface area contributed by atoms with E-state index in [1.807, 2.05) is 54.6 Å². The second-order valence-electron chi connectivity index (χ2n) is 7.97. The third-order valence-electron chi connectivity index (χ3n) is 4.81. The lowest BCUT2D eigenvalue weighted by molar-refractivity contribution is -0.131. The van der Waals surface area contributed by atoms with Crippen LogP contribution in [0.4, 0.5) is 5.82 Å². The van der Waals surface area contributed by atoms with Gasteiger partial charge in [0.05, 0.1) is 18.7 Å². The Morgan fingerprint density at radius 1 is 1.15 bits per heavy atom. The van der Waals surface area contributed by atoms with Gasteiger partial charge in [0, 0.05) is 36.5 Å². The molecule has 0 saturated carbocycles. The van der Waals surface area contributed by atoms with Crippen molar-refractivity contribution in [2.45, 2.75) is 46.1 Å². The molecule has 3 heterocycles. The van der Waals surface area contributed by atoms with Crippen LogP contribution in [0.25, 0.3) is 0 Å². The maximum atomic E-state index is 12.5. The zero-order valence-corrected chi connectivity index (χ0v) is 16.2. The van der Waals surface area contributed by atoms with Crippen molar-refractivity contribution in [3.63, 3.8) is 0 Å². The Morgan fingerprint density at radius 2 is 1.89 bits per heavy atom. The number of anilines is 1. The highest BCUT2D eigenvalue weighted by Crippen LogP contribution is 2.26. The van der Waals surface area contributed by atoms with Crippen molar-refractivity contribution in [2.24, 2.45) is 5.41 Å². The molecule has 7 heteroatoms. The van der Waals surface area contributed by atoms with Crippen LogP contribution in [0.3, 0.4) is 0 Å². The SMILES string of the molecule is CC(C)(C)C(=O)Nc1ccnn1C1CCN(C(=O)Cc2ccccn2)CC1. The Hall–Kier alpha value is -2.70. The predicted molar refractivity (Wildman–Crippen MR) is 103 cm³/mol. The van der Waals surface area contributed by atoms with Crippen molar-refractivity contribution >= 4 is 17.6 Å². The molecule has 1 saturated heterocycles. The van der Waals surface area contributed by atoms with E-state index in [1.165, 1.54) is 0 Å². The van der Waals surface area contributed by atoms with E-state index in [4.69, 9.17) is 0 Å². The summed E-state index contributed by atoms with van der Waals surface area (Å²) in [7, 11) is 0. The lowest BCUT2D eigenvalue weighted by Crippen LogP contribution is -2.40. The third-order valence-corrected chi connectivity index (χ3v) is 4.81. The molecule has 144 valence electrons. The van der Waals surface area contributed by atoms with Crippen LogP contribution < -0.4 is 5.32 Å². The quantitative estimate of drug-likeness (QED) is 0.898. The number of rotatable bonds is 4. The van der Waals surface area contributed by atoms with E-state index in [9.17, 15) is 9.59 Å². The van der Waals surface area contributed by atoms with E-state index < -0.39 is 5.41 Å². The second-order valence-corrected chi connectivity index (χ2v) is 7.97. The van der Waals surface area contributed by atoms with Gasteiger partial charge in [-0.3, -0.25) is 14.6 Å². The maximum Gasteiger partial charge on any atom is 0.230 e. The molecule has 0 aromatic carbocycles. The number of hydrogen-bond donors (Lipinski definition) is 1. The van der Waals surface area contributed by atoms with Crippen LogP contribution in [0.2, 0.25) is 0 Å². The number of amides is 2. The number of aromatic nitrogens is 3. The zero-order chi connectivity index (χ0) is 19.4. The van der Waals surface area contributed by atoms with E-state index in [0.717, 1.165) is 18.5 Å². The topological polar surface area (TPSA) is 80.1 Å². The van der Waals surface area contributed by atoms with Crippen molar-refractivity contribution in [1.29, 1.82) is 0 Å². The fourth-order valence-corrected chi connectivity index (χ4v) is 3.14. The first-order chi connectivity index (χ1) is 12.8. The zero-order valence-electron chi connectivity index (χ0n) is 16.2. The number of nitrogens with one attached hydrogen (secondary N) is 1. The summed E-state index contributed by atoms with van der Waals surface area (Å²) in [5, 5.41) is 7.37. The molecule has 1 aliphatic rings. The second kappa shape index (κ2) is 7.90. The summed E-state index contributed by atoms with van der Waals surface area (Å²) >= 11 is 0. The van der Waals surface area contributed by atoms with Gasteiger partial charge in [0.25, 0.3) is 0 Å². The van der Waals surface area contributed by atoms with Crippen molar-refractivity contribution in [2.75, 3.05) is 18.4 Å². The van der Waals surface area contributed by atoms with Crippen LogP contribution in [-0.2, 0) is 16.0 Å². The Kier molecular flexibility index (Phi) is 5.58. The lowest BCUT2D eigenvalue weighted by Gasteiger charge is -2.33. The Bertz CT molecular complexity index is 786. The van der Waals surface area contributed by atoms with E-state index in [0.29, 0.717) is 25.3 Å². The molecule has 0 spiro atoms. The van der Waals surface area contributed by atoms with Gasteiger partial charge in [0.1, 0.15) is 5.82 Å². The fourth-order valence-electron chi connectivity index (χ4n) is 3.14. The number of nitrogens with zero attached hydrogens (tertiary/aromatic N) is 4. The van der Waals surface area contributed by atoms with Crippen molar-refractivity contribution < 1.29 is 9.59 Å². The molecule has 27 heavy (non-hydrogen) atoms. The van der Waals surface area contributed by atoms with Gasteiger partial charge in [-0.15, -0.1) is 0 Å². The molecule has 0 radical (unpaired) electrons. The van der Waals surface area contributed by atoms with Crippen LogP contribution in [0.15, 0.2) is 36.7 Å². The summed E-state index contributed by atoms with van der Waals surface area (Å²) in [5.74, 6) is 0.786. The lowest BCUT2D eigenvalue weighted by atomic mass is 9.96. The maximum absolute atomic E-state index is 12.5. The first-order valence-corrected chi connectivity index (χ1v) is 9.37. The van der Waals surface area contributed by atoms with Gasteiger partial charge in [-0.2, -0.15) is 5.10 Å². The van der Waals surface area contributed by atoms with E-state index in [-0.39, 0.29) is 17.9 Å². The van der Waals surface area contributed by atoms with E-state index >= 15 is 0 Å². The largest absolute Gasteiger partial charge is 0.342 e. The van der Waals surface area contributed by atoms with Gasteiger partial charge in [-0.05, 0) is 25.0 Å². The summed E-state index contributed by atoms with van der Waals surface area (Å²) in [5.41, 5.74) is 0.333. The van der Waals surface area contributed by atoms with E-state index in [2.05, 4.69) is 15.4 Å². The molecular formula is C20H27N5O2. The fraction of sp³-hybridized carbons (Fsp3) is 0.500. The molecule has 2 amide bonds. The summed E-state index contributed by atoms with van der Waals surface area (Å²) in [6, 6.07) is 7.61. The highest BCUT2D eigenvalue weighted by molar-refractivity contribution is 5.93. The van der Waals surface area contributed by atoms with Gasteiger partial charge < -0.3 is 10.2 Å². The minimum atomic E-state index is -0.462. The van der Waals surface area contributed by atoms with Gasteiger partial charge in [0.2, 0.25) is 11.8 Å². The molecule has 1 fully saturated rings. The summed E-state index contributed by atoms with van der Waals surface area (Å²) < 4.78 is 1.88. The van der Waals surface area contributed by atoms with E-state index in [1.54, 1.807) is 12.4 Å². The standard InChI is InChI=1S/C20H27N5O2/c1-20(2,3)19(27)23-17-7-11-22-25(17)16-8-12-24(13-9-16)18(26)14-15-6-4-5-10-21-15/h4-7,10-11,16H,8-9,12-14H2,1-3H3,(H,23,27). The molecule has 7 nitrogen and oxygen atoms in total. The molecular weight excluding hydrogens is 342 g/mol. The molecule has 2 aromatic rings. The first kappa shape index (κ1) is 19.1. The number of likely N-dealkylation sites (tertiary alicyclic amines) is 1. The number of pyridine rings is 1. The molecule has 0 aliphatic carbocycles. The Labute approximate surface area is 159 Å². The van der Waals surface area contributed by atoms with Crippen LogP contribution in [0.5, 0.6) is 0 Å². The average molecular weight is 369 g/mol. The molecule has 3 rings (SSSR count). The predicted octanol–water partition coefficient (Wildman–Crippen LogP) is 2.67. The summed E-state index contributed by atoms with van der Waals surface area (Å²) in [6.07, 6.45) is 5.37. The van der Waals surface area contributed by atoms with Crippen LogP contribution >= 0.6 is 0 Å². The van der Waals surface area contributed by atoms with Crippen molar-refractivity contribution in [3.8, 4) is 0 Å². The van der Waals surface area contributed by atoms with Gasteiger partial charge in [-0.25, -0.2) is 4.68 Å². The minimum Gasteiger partial charge on any atom is -0.342 e. The molecule has 0 atom stereocenters. The molecule has 1 aliphatic heterocycles. The monoisotopic (exact) mass is 369 g/mol. The normalized spacial score (nSPS) is 15.6. The Balaban J connectivity index is 1.58. The average Bonchev–Trinajstić information content (AvgIpc) is 3.10. The number of hydrogen-bond acceptors (Lipinski definition) is 4. The van der Waals surface area contributed by atoms with Crippen molar-refractivity contribution in [1.82, 2.24) is 19.7 Å². The highest BCUT2D eigenvalue weighted by Gasteiger charge is 2.27. The number of carbonyl (C=O) groups excluding carboxylic acids is 2. The van der Waals surface area contributed by atoms with Gasteiger partial charge >= 0.3 is 0 Å². The molecule has 2 aromatic heterocycles. The van der Waals surface area contributed by atoms with Crippen LogP contribution in [-0.4, -0.2) is 44.6 Å². The first-order valence-electron chi connectivity index (χ1n) is 9.37. The van der Waals surface area contributed by atoms with Gasteiger partial charge in [0.15, 0.2) is 0 Å². The number of piperidine rings is 1. The highest BCUT2D eigenvalue weighted by atomic mass is 16.2. The van der Waals surface area contributed by atoms with Crippen LogP contribution in [0.1, 0.15) is 45.3 Å². The molecule has 1 N–H and O–H groups in total. The van der Waals surface area contributed by atoms with Crippen molar-refractivity contribution in [3.05, 3.63) is 42.4 Å². The van der Waals surface area contributed by atoms with Gasteiger partial charge in [-0.1, -0.05) is 26.8 Å². The molecule has 0 unspecified atom stereocenters.